The van der Waals surface area contributed by atoms with Gasteiger partial charge in [0, 0.05) is 25.4 Å². The van der Waals surface area contributed by atoms with Gasteiger partial charge in [0.2, 0.25) is 5.91 Å². The molecule has 158 valence electrons. The van der Waals surface area contributed by atoms with Gasteiger partial charge in [0.15, 0.2) is 5.16 Å². The van der Waals surface area contributed by atoms with Crippen LogP contribution in [0.15, 0.2) is 58.5 Å². The highest BCUT2D eigenvalue weighted by Gasteiger charge is 2.20. The molecular weight excluding hydrogens is 398 g/mol. The molecule has 1 atom stereocenters. The van der Waals surface area contributed by atoms with Crippen molar-refractivity contribution in [1.82, 2.24) is 9.55 Å². The molecule has 1 amide bonds. The van der Waals surface area contributed by atoms with Crippen molar-refractivity contribution in [2.75, 3.05) is 18.5 Å². The summed E-state index contributed by atoms with van der Waals surface area (Å²) < 4.78 is 7.07. The summed E-state index contributed by atoms with van der Waals surface area (Å²) >= 11 is 1.30. The molecule has 6 nitrogen and oxygen atoms in total. The Bertz CT molecular complexity index is 1080. The monoisotopic (exact) mass is 425 g/mol. The van der Waals surface area contributed by atoms with Gasteiger partial charge in [0.1, 0.15) is 0 Å². The molecule has 7 heteroatoms. The van der Waals surface area contributed by atoms with Crippen LogP contribution >= 0.6 is 11.8 Å². The predicted octanol–water partition coefficient (Wildman–Crippen LogP) is 4.25. The number of benzene rings is 2. The van der Waals surface area contributed by atoms with E-state index in [4.69, 9.17) is 4.74 Å². The molecule has 0 bridgehead atoms. The lowest BCUT2D eigenvalue weighted by molar-refractivity contribution is -0.115. The topological polar surface area (TPSA) is 73.2 Å². The van der Waals surface area contributed by atoms with Crippen LogP contribution in [-0.4, -0.2) is 33.9 Å². The number of para-hydroxylation sites is 2. The molecule has 3 rings (SSSR count). The van der Waals surface area contributed by atoms with E-state index in [0.29, 0.717) is 42.2 Å². The smallest absolute Gasteiger partial charge is 0.262 e. The third kappa shape index (κ3) is 5.29. The molecule has 3 aromatic rings. The van der Waals surface area contributed by atoms with Crippen molar-refractivity contribution in [2.45, 2.75) is 44.1 Å². The standard InChI is InChI=1S/C23H27N3O3S/c1-4-29-15-9-14-26-22(28)18-11-6-8-13-20(18)25-23(26)30-17(3)21(27)24-19-12-7-5-10-16(19)2/h5-8,10-13,17H,4,9,14-15H2,1-3H3,(H,24,27). The number of aromatic nitrogens is 2. The number of nitrogens with zero attached hydrogens (tertiary/aromatic N) is 2. The Balaban J connectivity index is 1.84. The van der Waals surface area contributed by atoms with Gasteiger partial charge in [-0.05, 0) is 51.0 Å². The number of fused-ring (bicyclic) bond motifs is 1. The Labute approximate surface area is 180 Å². The predicted molar refractivity (Wildman–Crippen MR) is 122 cm³/mol. The highest BCUT2D eigenvalue weighted by Crippen LogP contribution is 2.24. The zero-order valence-corrected chi connectivity index (χ0v) is 18.4. The summed E-state index contributed by atoms with van der Waals surface area (Å²) in [5, 5.41) is 3.67. The second-order valence-electron chi connectivity index (χ2n) is 6.98. The van der Waals surface area contributed by atoms with Crippen molar-refractivity contribution >= 4 is 34.3 Å². The van der Waals surface area contributed by atoms with Crippen LogP contribution in [0.2, 0.25) is 0 Å². The Morgan fingerprint density at radius 2 is 1.93 bits per heavy atom. The summed E-state index contributed by atoms with van der Waals surface area (Å²) in [5.41, 5.74) is 2.33. The SMILES string of the molecule is CCOCCCn1c(SC(C)C(=O)Nc2ccccc2C)nc2ccccc2c1=O. The van der Waals surface area contributed by atoms with E-state index in [1.165, 1.54) is 11.8 Å². The minimum absolute atomic E-state index is 0.0916. The third-order valence-electron chi connectivity index (χ3n) is 4.76. The molecule has 1 heterocycles. The fourth-order valence-electron chi connectivity index (χ4n) is 3.06. The zero-order chi connectivity index (χ0) is 21.5. The molecule has 0 aliphatic rings. The maximum atomic E-state index is 13.1. The number of thioether (sulfide) groups is 1. The summed E-state index contributed by atoms with van der Waals surface area (Å²) in [6, 6.07) is 15.0. The Kier molecular flexibility index (Phi) is 7.65. The lowest BCUT2D eigenvalue weighted by atomic mass is 10.2. The van der Waals surface area contributed by atoms with E-state index in [1.807, 2.05) is 63.2 Å². The van der Waals surface area contributed by atoms with Crippen LogP contribution in [0.1, 0.15) is 25.8 Å². The number of rotatable bonds is 9. The van der Waals surface area contributed by atoms with Gasteiger partial charge >= 0.3 is 0 Å². The van der Waals surface area contributed by atoms with Crippen molar-refractivity contribution < 1.29 is 9.53 Å². The average Bonchev–Trinajstić information content (AvgIpc) is 2.74. The zero-order valence-electron chi connectivity index (χ0n) is 17.6. The second kappa shape index (κ2) is 10.4. The van der Waals surface area contributed by atoms with E-state index in [1.54, 1.807) is 10.6 Å². The van der Waals surface area contributed by atoms with Crippen molar-refractivity contribution in [3.63, 3.8) is 0 Å². The van der Waals surface area contributed by atoms with Gasteiger partial charge in [-0.15, -0.1) is 0 Å². The Morgan fingerprint density at radius 3 is 2.70 bits per heavy atom. The lowest BCUT2D eigenvalue weighted by Crippen LogP contribution is -2.27. The first-order chi connectivity index (χ1) is 14.5. The largest absolute Gasteiger partial charge is 0.382 e. The molecule has 0 radical (unpaired) electrons. The lowest BCUT2D eigenvalue weighted by Gasteiger charge is -2.17. The maximum absolute atomic E-state index is 13.1. The fourth-order valence-corrected chi connectivity index (χ4v) is 4.00. The molecule has 1 N–H and O–H groups in total. The molecule has 1 unspecified atom stereocenters. The summed E-state index contributed by atoms with van der Waals surface area (Å²) in [6.45, 7) is 7.43. The summed E-state index contributed by atoms with van der Waals surface area (Å²) in [5.74, 6) is -0.127. The average molecular weight is 426 g/mol. The molecule has 0 aliphatic carbocycles. The summed E-state index contributed by atoms with van der Waals surface area (Å²) in [6.07, 6.45) is 0.700. The van der Waals surface area contributed by atoms with E-state index < -0.39 is 5.25 Å². The first kappa shape index (κ1) is 22.1. The molecular formula is C23H27N3O3S. The number of aryl methyl sites for hydroxylation is 1. The molecule has 2 aromatic carbocycles. The van der Waals surface area contributed by atoms with Gasteiger partial charge in [-0.3, -0.25) is 14.2 Å². The van der Waals surface area contributed by atoms with Crippen molar-refractivity contribution in [1.29, 1.82) is 0 Å². The van der Waals surface area contributed by atoms with Crippen molar-refractivity contribution in [3.05, 3.63) is 64.4 Å². The number of hydrogen-bond acceptors (Lipinski definition) is 5. The number of ether oxygens (including phenoxy) is 1. The summed E-state index contributed by atoms with van der Waals surface area (Å²) in [7, 11) is 0. The van der Waals surface area contributed by atoms with E-state index in [9.17, 15) is 9.59 Å². The molecule has 0 saturated heterocycles. The van der Waals surface area contributed by atoms with Gasteiger partial charge in [-0.2, -0.15) is 0 Å². The minimum Gasteiger partial charge on any atom is -0.382 e. The van der Waals surface area contributed by atoms with Crippen molar-refractivity contribution in [2.24, 2.45) is 0 Å². The molecule has 30 heavy (non-hydrogen) atoms. The maximum Gasteiger partial charge on any atom is 0.262 e. The number of carbonyl (C=O) groups excluding carboxylic acids is 1. The highest BCUT2D eigenvalue weighted by atomic mass is 32.2. The molecule has 1 aromatic heterocycles. The Hall–Kier alpha value is -2.64. The van der Waals surface area contributed by atoms with Crippen LogP contribution in [0, 0.1) is 6.92 Å². The van der Waals surface area contributed by atoms with Crippen LogP contribution < -0.4 is 10.9 Å². The van der Waals surface area contributed by atoms with Crippen LogP contribution in [0.5, 0.6) is 0 Å². The fraction of sp³-hybridized carbons (Fsp3) is 0.348. The van der Waals surface area contributed by atoms with Gasteiger partial charge in [0.05, 0.1) is 16.2 Å². The Morgan fingerprint density at radius 1 is 1.20 bits per heavy atom. The number of hydrogen-bond donors (Lipinski definition) is 1. The van der Waals surface area contributed by atoms with E-state index in [-0.39, 0.29) is 11.5 Å². The van der Waals surface area contributed by atoms with Gasteiger partial charge in [-0.25, -0.2) is 4.98 Å². The van der Waals surface area contributed by atoms with Crippen LogP contribution in [0.4, 0.5) is 5.69 Å². The molecule has 0 spiro atoms. The number of nitrogens with one attached hydrogen (secondary N) is 1. The molecule has 0 aliphatic heterocycles. The van der Waals surface area contributed by atoms with Crippen LogP contribution in [0.3, 0.4) is 0 Å². The van der Waals surface area contributed by atoms with E-state index >= 15 is 0 Å². The van der Waals surface area contributed by atoms with Crippen molar-refractivity contribution in [3.8, 4) is 0 Å². The second-order valence-corrected chi connectivity index (χ2v) is 8.29. The minimum atomic E-state index is -0.421. The van der Waals surface area contributed by atoms with Gasteiger partial charge < -0.3 is 10.1 Å². The highest BCUT2D eigenvalue weighted by molar-refractivity contribution is 8.00. The summed E-state index contributed by atoms with van der Waals surface area (Å²) in [4.78, 5) is 30.5. The first-order valence-electron chi connectivity index (χ1n) is 10.1. The van der Waals surface area contributed by atoms with E-state index in [2.05, 4.69) is 10.3 Å². The van der Waals surface area contributed by atoms with Crippen LogP contribution in [0.25, 0.3) is 10.9 Å². The van der Waals surface area contributed by atoms with Gasteiger partial charge in [0.25, 0.3) is 5.56 Å². The van der Waals surface area contributed by atoms with Gasteiger partial charge in [-0.1, -0.05) is 42.1 Å². The quantitative estimate of drug-likeness (QED) is 0.315. The normalized spacial score (nSPS) is 12.1. The number of carbonyl (C=O) groups is 1. The molecule has 0 fully saturated rings. The third-order valence-corrected chi connectivity index (χ3v) is 5.85. The van der Waals surface area contributed by atoms with Crippen LogP contribution in [-0.2, 0) is 16.1 Å². The number of anilines is 1. The first-order valence-corrected chi connectivity index (χ1v) is 11.0. The molecule has 0 saturated carbocycles. The van der Waals surface area contributed by atoms with E-state index in [0.717, 1.165) is 11.3 Å². The number of amides is 1.